The second-order valence-corrected chi connectivity index (χ2v) is 7.79. The molecule has 2 aromatic carbocycles. The molecule has 2 aromatic rings. The molecule has 1 heterocycles. The van der Waals surface area contributed by atoms with Gasteiger partial charge in [-0.05, 0) is 50.7 Å². The Balaban J connectivity index is 1.57. The molecule has 0 aliphatic carbocycles. The zero-order valence-electron chi connectivity index (χ0n) is 17.3. The molecule has 1 atom stereocenters. The highest BCUT2D eigenvalue weighted by atomic mass is 19.1. The van der Waals surface area contributed by atoms with E-state index in [1.54, 1.807) is 24.3 Å². The maximum Gasteiger partial charge on any atom is 0.292 e. The third kappa shape index (κ3) is 5.13. The highest BCUT2D eigenvalue weighted by molar-refractivity contribution is 5.79. The van der Waals surface area contributed by atoms with Crippen molar-refractivity contribution < 1.29 is 14.1 Å². The summed E-state index contributed by atoms with van der Waals surface area (Å²) in [5, 5.41) is 14.3. The van der Waals surface area contributed by atoms with Crippen LogP contribution in [0.5, 0.6) is 0 Å². The molecule has 1 N–H and O–H groups in total. The quantitative estimate of drug-likeness (QED) is 0.555. The second-order valence-electron chi connectivity index (χ2n) is 7.79. The van der Waals surface area contributed by atoms with Crippen LogP contribution in [0.1, 0.15) is 24.4 Å². The Hall–Kier alpha value is -3.00. The van der Waals surface area contributed by atoms with Gasteiger partial charge in [0.2, 0.25) is 5.91 Å². The Labute approximate surface area is 175 Å². The first-order valence-corrected chi connectivity index (χ1v) is 10.0. The summed E-state index contributed by atoms with van der Waals surface area (Å²) in [5.74, 6) is -0.465. The van der Waals surface area contributed by atoms with E-state index < -0.39 is 0 Å². The summed E-state index contributed by atoms with van der Waals surface area (Å²) < 4.78 is 13.6. The van der Waals surface area contributed by atoms with Crippen molar-refractivity contribution in [1.82, 2.24) is 10.2 Å². The molecule has 160 valence electrons. The van der Waals surface area contributed by atoms with Crippen LogP contribution in [0.25, 0.3) is 0 Å². The van der Waals surface area contributed by atoms with Crippen molar-refractivity contribution >= 4 is 17.3 Å². The Bertz CT molecular complexity index is 897. The smallest absolute Gasteiger partial charge is 0.292 e. The molecule has 0 spiro atoms. The third-order valence-corrected chi connectivity index (χ3v) is 5.61. The van der Waals surface area contributed by atoms with E-state index in [-0.39, 0.29) is 34.3 Å². The molecule has 1 unspecified atom stereocenters. The van der Waals surface area contributed by atoms with Crippen molar-refractivity contribution in [2.24, 2.45) is 5.92 Å². The zero-order chi connectivity index (χ0) is 21.7. The number of likely N-dealkylation sites (N-methyl/N-ethyl adjacent to an activating group) is 1. The van der Waals surface area contributed by atoms with Gasteiger partial charge >= 0.3 is 0 Å². The van der Waals surface area contributed by atoms with Gasteiger partial charge in [0.15, 0.2) is 0 Å². The predicted octanol–water partition coefficient (Wildman–Crippen LogP) is 3.37. The van der Waals surface area contributed by atoms with Crippen LogP contribution in [-0.2, 0) is 4.79 Å². The topological polar surface area (TPSA) is 78.7 Å². The molecule has 0 aromatic heterocycles. The SMILES string of the molecule is CN(C)C(CNC(=O)C1CCN(c2ccccc2[N+](=O)[O-])CC1)c1cccc(F)c1. The fraction of sp³-hybridized carbons (Fsp3) is 0.409. The molecular weight excluding hydrogens is 387 g/mol. The molecule has 1 aliphatic heterocycles. The van der Waals surface area contributed by atoms with Gasteiger partial charge in [-0.3, -0.25) is 14.9 Å². The van der Waals surface area contributed by atoms with Crippen molar-refractivity contribution in [1.29, 1.82) is 0 Å². The summed E-state index contributed by atoms with van der Waals surface area (Å²) in [6.45, 7) is 1.56. The molecule has 1 amide bonds. The molecule has 1 aliphatic rings. The lowest BCUT2D eigenvalue weighted by molar-refractivity contribution is -0.384. The molecule has 0 bridgehead atoms. The number of hydrogen-bond acceptors (Lipinski definition) is 5. The number of carbonyl (C=O) groups is 1. The second kappa shape index (κ2) is 9.67. The van der Waals surface area contributed by atoms with Crippen molar-refractivity contribution in [3.05, 3.63) is 70.0 Å². The van der Waals surface area contributed by atoms with E-state index in [9.17, 15) is 19.3 Å². The highest BCUT2D eigenvalue weighted by Crippen LogP contribution is 2.31. The number of nitro benzene ring substituents is 1. The van der Waals surface area contributed by atoms with Gasteiger partial charge in [-0.1, -0.05) is 24.3 Å². The van der Waals surface area contributed by atoms with Gasteiger partial charge in [0.1, 0.15) is 11.5 Å². The fourth-order valence-corrected chi connectivity index (χ4v) is 3.92. The van der Waals surface area contributed by atoms with Crippen LogP contribution >= 0.6 is 0 Å². The van der Waals surface area contributed by atoms with Gasteiger partial charge in [0, 0.05) is 31.6 Å². The van der Waals surface area contributed by atoms with E-state index in [1.165, 1.54) is 18.2 Å². The summed E-state index contributed by atoms with van der Waals surface area (Å²) in [4.78, 5) is 27.5. The standard InChI is InChI=1S/C22H27FN4O3/c1-25(2)21(17-6-5-7-18(23)14-17)15-24-22(28)16-10-12-26(13-11-16)19-8-3-4-9-20(19)27(29)30/h3-9,14,16,21H,10-13,15H2,1-2H3,(H,24,28). The Kier molecular flexibility index (Phi) is 6.99. The first-order chi connectivity index (χ1) is 14.4. The molecule has 7 nitrogen and oxygen atoms in total. The van der Waals surface area contributed by atoms with E-state index in [1.807, 2.05) is 30.0 Å². The van der Waals surface area contributed by atoms with Crippen molar-refractivity contribution in [2.45, 2.75) is 18.9 Å². The van der Waals surface area contributed by atoms with Crippen molar-refractivity contribution in [3.8, 4) is 0 Å². The van der Waals surface area contributed by atoms with E-state index in [2.05, 4.69) is 5.32 Å². The van der Waals surface area contributed by atoms with Crippen molar-refractivity contribution in [3.63, 3.8) is 0 Å². The van der Waals surface area contributed by atoms with Crippen molar-refractivity contribution in [2.75, 3.05) is 38.6 Å². The Morgan fingerprint density at radius 3 is 2.57 bits per heavy atom. The maximum absolute atomic E-state index is 13.6. The molecule has 1 saturated heterocycles. The summed E-state index contributed by atoms with van der Waals surface area (Å²) in [6, 6.07) is 13.0. The van der Waals surface area contributed by atoms with Crippen LogP contribution in [0, 0.1) is 21.8 Å². The van der Waals surface area contributed by atoms with Gasteiger partial charge in [0.25, 0.3) is 5.69 Å². The minimum atomic E-state index is -0.373. The number of para-hydroxylation sites is 2. The molecule has 3 rings (SSSR count). The lowest BCUT2D eigenvalue weighted by atomic mass is 9.95. The van der Waals surface area contributed by atoms with Crippen LogP contribution < -0.4 is 10.2 Å². The lowest BCUT2D eigenvalue weighted by Crippen LogP contribution is -2.43. The van der Waals surface area contributed by atoms with Crippen LogP contribution in [-0.4, -0.2) is 49.5 Å². The Morgan fingerprint density at radius 2 is 1.93 bits per heavy atom. The van der Waals surface area contributed by atoms with E-state index in [4.69, 9.17) is 0 Å². The van der Waals surface area contributed by atoms with Crippen LogP contribution in [0.15, 0.2) is 48.5 Å². The summed E-state index contributed by atoms with van der Waals surface area (Å²) in [5.41, 5.74) is 1.50. The average Bonchev–Trinajstić information content (AvgIpc) is 2.73. The number of piperidine rings is 1. The fourth-order valence-electron chi connectivity index (χ4n) is 3.92. The predicted molar refractivity (Wildman–Crippen MR) is 114 cm³/mol. The number of hydrogen-bond donors (Lipinski definition) is 1. The zero-order valence-corrected chi connectivity index (χ0v) is 17.3. The summed E-state index contributed by atoms with van der Waals surface area (Å²) >= 11 is 0. The van der Waals surface area contributed by atoms with Crippen LogP contribution in [0.2, 0.25) is 0 Å². The summed E-state index contributed by atoms with van der Waals surface area (Å²) in [7, 11) is 3.79. The highest BCUT2D eigenvalue weighted by Gasteiger charge is 2.28. The average molecular weight is 414 g/mol. The third-order valence-electron chi connectivity index (χ3n) is 5.61. The maximum atomic E-state index is 13.6. The van der Waals surface area contributed by atoms with E-state index >= 15 is 0 Å². The van der Waals surface area contributed by atoms with E-state index in [0.717, 1.165) is 5.56 Å². The van der Waals surface area contributed by atoms with Gasteiger partial charge in [0.05, 0.1) is 11.0 Å². The van der Waals surface area contributed by atoms with Gasteiger partial charge in [-0.15, -0.1) is 0 Å². The Morgan fingerprint density at radius 1 is 1.23 bits per heavy atom. The first-order valence-electron chi connectivity index (χ1n) is 10.0. The molecule has 30 heavy (non-hydrogen) atoms. The molecule has 1 fully saturated rings. The number of nitrogens with zero attached hydrogens (tertiary/aromatic N) is 3. The number of rotatable bonds is 7. The van der Waals surface area contributed by atoms with E-state index in [0.29, 0.717) is 38.2 Å². The molecule has 0 saturated carbocycles. The molecule has 0 radical (unpaired) electrons. The van der Waals surface area contributed by atoms with Gasteiger partial charge < -0.3 is 15.1 Å². The lowest BCUT2D eigenvalue weighted by Gasteiger charge is -2.33. The first kappa shape index (κ1) is 21.7. The van der Waals surface area contributed by atoms with Gasteiger partial charge in [-0.2, -0.15) is 0 Å². The van der Waals surface area contributed by atoms with Crippen LogP contribution in [0.3, 0.4) is 0 Å². The number of anilines is 1. The number of carbonyl (C=O) groups excluding carboxylic acids is 1. The largest absolute Gasteiger partial charge is 0.366 e. The summed E-state index contributed by atoms with van der Waals surface area (Å²) in [6.07, 6.45) is 1.26. The number of halogens is 1. The molecular formula is C22H27FN4O3. The normalized spacial score (nSPS) is 15.8. The number of nitrogens with one attached hydrogen (secondary N) is 1. The number of amides is 1. The molecule has 8 heteroatoms. The monoisotopic (exact) mass is 414 g/mol. The minimum Gasteiger partial charge on any atom is -0.366 e. The van der Waals surface area contributed by atoms with Crippen LogP contribution in [0.4, 0.5) is 15.8 Å². The number of benzene rings is 2. The number of nitro groups is 1. The van der Waals surface area contributed by atoms with Gasteiger partial charge in [-0.25, -0.2) is 4.39 Å². The minimum absolute atomic E-state index is 0.0273.